The second-order valence-electron chi connectivity index (χ2n) is 5.63. The highest BCUT2D eigenvalue weighted by atomic mass is 32.2. The Kier molecular flexibility index (Phi) is 7.06. The summed E-state index contributed by atoms with van der Waals surface area (Å²) in [5, 5.41) is 9.54. The number of amides is 2. The van der Waals surface area contributed by atoms with Crippen molar-refractivity contribution in [1.82, 2.24) is 15.8 Å². The monoisotopic (exact) mass is 361 g/mol. The van der Waals surface area contributed by atoms with E-state index in [1.807, 2.05) is 32.9 Å². The highest BCUT2D eigenvalue weighted by Crippen LogP contribution is 2.19. The van der Waals surface area contributed by atoms with Crippen molar-refractivity contribution in [2.24, 2.45) is 0 Å². The predicted molar refractivity (Wildman–Crippen MR) is 98.4 cm³/mol. The molecule has 0 saturated carbocycles. The van der Waals surface area contributed by atoms with Gasteiger partial charge in [0.1, 0.15) is 5.76 Å². The van der Waals surface area contributed by atoms with Crippen LogP contribution in [0.15, 0.2) is 28.8 Å². The molecule has 1 aromatic carbocycles. The molecule has 0 atom stereocenters. The molecule has 0 radical (unpaired) electrons. The van der Waals surface area contributed by atoms with Gasteiger partial charge in [0.05, 0.1) is 11.4 Å². The van der Waals surface area contributed by atoms with Crippen molar-refractivity contribution in [3.05, 3.63) is 52.4 Å². The van der Waals surface area contributed by atoms with Crippen LogP contribution in [0.1, 0.15) is 39.9 Å². The second-order valence-corrected chi connectivity index (χ2v) is 6.62. The molecule has 0 aliphatic carbocycles. The Morgan fingerprint density at radius 1 is 1.24 bits per heavy atom. The predicted octanol–water partition coefficient (Wildman–Crippen LogP) is 2.59. The van der Waals surface area contributed by atoms with Gasteiger partial charge in [-0.15, -0.1) is 11.8 Å². The Hall–Kier alpha value is -2.28. The summed E-state index contributed by atoms with van der Waals surface area (Å²) < 4.78 is 5.11. The molecule has 0 fully saturated rings. The van der Waals surface area contributed by atoms with E-state index < -0.39 is 0 Å². The molecule has 6 nitrogen and oxygen atoms in total. The summed E-state index contributed by atoms with van der Waals surface area (Å²) in [6.07, 6.45) is 0. The summed E-state index contributed by atoms with van der Waals surface area (Å²) >= 11 is 1.52. The molecule has 134 valence electrons. The van der Waals surface area contributed by atoms with E-state index in [-0.39, 0.29) is 11.8 Å². The lowest BCUT2D eigenvalue weighted by atomic mass is 10.1. The number of nitrogens with one attached hydrogen (secondary N) is 2. The minimum absolute atomic E-state index is 0.0415. The van der Waals surface area contributed by atoms with Gasteiger partial charge in [0.25, 0.3) is 5.91 Å². The molecular formula is C18H23N3O3S. The number of carbonyl (C=O) groups excluding carboxylic acids is 2. The number of carbonyl (C=O) groups is 2. The lowest BCUT2D eigenvalue weighted by molar-refractivity contribution is -0.118. The van der Waals surface area contributed by atoms with Crippen LogP contribution in [0.3, 0.4) is 0 Å². The number of aromatic nitrogens is 1. The van der Waals surface area contributed by atoms with Gasteiger partial charge in [-0.05, 0) is 38.5 Å². The van der Waals surface area contributed by atoms with Gasteiger partial charge >= 0.3 is 0 Å². The quantitative estimate of drug-likeness (QED) is 0.755. The van der Waals surface area contributed by atoms with Gasteiger partial charge in [-0.25, -0.2) is 0 Å². The first-order valence-electron chi connectivity index (χ1n) is 8.14. The zero-order valence-corrected chi connectivity index (χ0v) is 15.5. The van der Waals surface area contributed by atoms with Crippen LogP contribution >= 0.6 is 11.8 Å². The van der Waals surface area contributed by atoms with Gasteiger partial charge in [-0.1, -0.05) is 17.3 Å². The molecule has 0 saturated heterocycles. The lowest BCUT2D eigenvalue weighted by Crippen LogP contribution is -2.25. The fourth-order valence-electron chi connectivity index (χ4n) is 2.29. The van der Waals surface area contributed by atoms with Crippen molar-refractivity contribution >= 4 is 23.6 Å². The Balaban J connectivity index is 1.78. The fraction of sp³-hybridized carbons (Fsp3) is 0.389. The van der Waals surface area contributed by atoms with Crippen LogP contribution in [0.5, 0.6) is 0 Å². The van der Waals surface area contributed by atoms with Crippen molar-refractivity contribution in [1.29, 1.82) is 0 Å². The zero-order valence-electron chi connectivity index (χ0n) is 14.7. The average Bonchev–Trinajstić information content (AvgIpc) is 2.92. The third kappa shape index (κ3) is 5.63. The maximum Gasteiger partial charge on any atom is 0.251 e. The smallest absolute Gasteiger partial charge is 0.251 e. The van der Waals surface area contributed by atoms with Crippen molar-refractivity contribution in [3.63, 3.8) is 0 Å². The molecule has 25 heavy (non-hydrogen) atoms. The van der Waals surface area contributed by atoms with E-state index in [2.05, 4.69) is 15.8 Å². The van der Waals surface area contributed by atoms with Gasteiger partial charge in [0, 0.05) is 30.0 Å². The van der Waals surface area contributed by atoms with Crippen LogP contribution in [0, 0.1) is 13.8 Å². The number of hydrogen-bond acceptors (Lipinski definition) is 5. The number of rotatable bonds is 8. The van der Waals surface area contributed by atoms with Crippen LogP contribution < -0.4 is 10.6 Å². The van der Waals surface area contributed by atoms with Crippen LogP contribution in [0.2, 0.25) is 0 Å². The molecule has 0 aliphatic heterocycles. The summed E-state index contributed by atoms with van der Waals surface area (Å²) in [5.74, 6) is 1.71. The van der Waals surface area contributed by atoms with Crippen LogP contribution in [-0.2, 0) is 17.1 Å². The highest BCUT2D eigenvalue weighted by molar-refractivity contribution is 7.99. The third-order valence-corrected chi connectivity index (χ3v) is 4.64. The highest BCUT2D eigenvalue weighted by Gasteiger charge is 2.10. The molecule has 0 unspecified atom stereocenters. The maximum atomic E-state index is 12.0. The van der Waals surface area contributed by atoms with Crippen molar-refractivity contribution in [2.45, 2.75) is 33.1 Å². The topological polar surface area (TPSA) is 84.2 Å². The molecule has 0 aliphatic rings. The number of aryl methyl sites for hydroxylation is 2. The summed E-state index contributed by atoms with van der Waals surface area (Å²) in [6.45, 7) is 6.63. The summed E-state index contributed by atoms with van der Waals surface area (Å²) in [6, 6.07) is 7.26. The van der Waals surface area contributed by atoms with Crippen LogP contribution in [0.4, 0.5) is 0 Å². The zero-order chi connectivity index (χ0) is 18.2. The Morgan fingerprint density at radius 2 is 2.04 bits per heavy atom. The largest absolute Gasteiger partial charge is 0.361 e. The molecule has 2 N–H and O–H groups in total. The van der Waals surface area contributed by atoms with Gasteiger partial charge in [-0.3, -0.25) is 9.59 Å². The average molecular weight is 361 g/mol. The van der Waals surface area contributed by atoms with E-state index in [0.29, 0.717) is 30.2 Å². The van der Waals surface area contributed by atoms with Gasteiger partial charge in [0.2, 0.25) is 5.91 Å². The first-order valence-corrected chi connectivity index (χ1v) is 9.30. The summed E-state index contributed by atoms with van der Waals surface area (Å²) in [7, 11) is 0. The molecule has 0 spiro atoms. The minimum Gasteiger partial charge on any atom is -0.361 e. The van der Waals surface area contributed by atoms with E-state index in [1.54, 1.807) is 12.1 Å². The van der Waals surface area contributed by atoms with Crippen LogP contribution in [0.25, 0.3) is 0 Å². The van der Waals surface area contributed by atoms with Gasteiger partial charge in [0.15, 0.2) is 0 Å². The van der Waals surface area contributed by atoms with Crippen molar-refractivity contribution in [2.75, 3.05) is 12.3 Å². The molecule has 1 heterocycles. The Labute approximate surface area is 151 Å². The minimum atomic E-state index is -0.106. The molecule has 2 rings (SSSR count). The molecule has 2 amide bonds. The molecular weight excluding hydrogens is 338 g/mol. The SMILES string of the molecule is CCNC(=O)c1cccc(CNC(=O)CSCc2c(C)noc2C)c1. The fourth-order valence-corrected chi connectivity index (χ4v) is 3.30. The molecule has 0 bridgehead atoms. The molecule has 1 aromatic heterocycles. The van der Waals surface area contributed by atoms with Crippen LogP contribution in [-0.4, -0.2) is 29.3 Å². The van der Waals surface area contributed by atoms with Crippen molar-refractivity contribution in [3.8, 4) is 0 Å². The Morgan fingerprint density at radius 3 is 2.72 bits per heavy atom. The van der Waals surface area contributed by atoms with Gasteiger partial charge < -0.3 is 15.2 Å². The van der Waals surface area contributed by atoms with E-state index in [4.69, 9.17) is 4.52 Å². The van der Waals surface area contributed by atoms with E-state index in [1.165, 1.54) is 11.8 Å². The number of nitrogens with zero attached hydrogens (tertiary/aromatic N) is 1. The Bertz CT molecular complexity index is 723. The molecule has 2 aromatic rings. The maximum absolute atomic E-state index is 12.0. The summed E-state index contributed by atoms with van der Waals surface area (Å²) in [4.78, 5) is 23.8. The lowest BCUT2D eigenvalue weighted by Gasteiger charge is -2.07. The van der Waals surface area contributed by atoms with E-state index in [9.17, 15) is 9.59 Å². The third-order valence-electron chi connectivity index (χ3n) is 3.68. The molecule has 7 heteroatoms. The van der Waals surface area contributed by atoms with Gasteiger partial charge in [-0.2, -0.15) is 0 Å². The van der Waals surface area contributed by atoms with E-state index >= 15 is 0 Å². The normalized spacial score (nSPS) is 10.5. The standard InChI is InChI=1S/C18H23N3O3S/c1-4-19-18(23)15-7-5-6-14(8-15)9-20-17(22)11-25-10-16-12(2)21-24-13(16)3/h5-8H,4,9-11H2,1-3H3,(H,19,23)(H,20,22). The number of benzene rings is 1. The van der Waals surface area contributed by atoms with Crippen molar-refractivity contribution < 1.29 is 14.1 Å². The first kappa shape index (κ1) is 19.1. The number of thioether (sulfide) groups is 1. The first-order chi connectivity index (χ1) is 12.0. The summed E-state index contributed by atoms with van der Waals surface area (Å²) in [5.41, 5.74) is 3.41. The van der Waals surface area contributed by atoms with E-state index in [0.717, 1.165) is 22.6 Å². The second kappa shape index (κ2) is 9.27. The number of hydrogen-bond donors (Lipinski definition) is 2.